The minimum absolute atomic E-state index is 0.137. The van der Waals surface area contributed by atoms with E-state index in [4.69, 9.17) is 16.3 Å². The maximum atomic E-state index is 6.14. The third-order valence-electron chi connectivity index (χ3n) is 2.64. The highest BCUT2D eigenvalue weighted by molar-refractivity contribution is 14.1. The first kappa shape index (κ1) is 14.2. The second-order valence-corrected chi connectivity index (χ2v) is 6.29. The lowest BCUT2D eigenvalue weighted by molar-refractivity contribution is 0.414. The molecule has 0 N–H and O–H groups in total. The lowest BCUT2D eigenvalue weighted by Gasteiger charge is -2.12. The van der Waals surface area contributed by atoms with Gasteiger partial charge in [-0.25, -0.2) is 0 Å². The Hall–Kier alpha value is -0.260. The molecule has 0 aromatic heterocycles. The van der Waals surface area contributed by atoms with E-state index in [1.807, 2.05) is 36.4 Å². The molecule has 1 unspecified atom stereocenters. The Morgan fingerprint density at radius 1 is 1.11 bits per heavy atom. The molecule has 1 atom stereocenters. The number of methoxy groups -OCH3 is 1. The zero-order valence-electron chi connectivity index (χ0n) is 9.66. The van der Waals surface area contributed by atoms with E-state index >= 15 is 0 Å². The van der Waals surface area contributed by atoms with Gasteiger partial charge in [-0.05, 0) is 58.0 Å². The summed E-state index contributed by atoms with van der Waals surface area (Å²) in [5.74, 6) is 0.860. The van der Waals surface area contributed by atoms with Gasteiger partial charge in [0.2, 0.25) is 0 Å². The van der Waals surface area contributed by atoms with Crippen molar-refractivity contribution in [3.8, 4) is 5.75 Å². The van der Waals surface area contributed by atoms with Crippen LogP contribution in [-0.4, -0.2) is 7.11 Å². The Bertz CT molecular complexity index is 542. The van der Waals surface area contributed by atoms with E-state index in [9.17, 15) is 0 Å². The van der Waals surface area contributed by atoms with E-state index in [0.29, 0.717) is 0 Å². The van der Waals surface area contributed by atoms with Crippen LogP contribution in [0.5, 0.6) is 5.75 Å². The highest BCUT2D eigenvalue weighted by Gasteiger charge is 2.11. The summed E-state index contributed by atoms with van der Waals surface area (Å²) >= 11 is 12.1. The molecule has 0 saturated carbocycles. The maximum absolute atomic E-state index is 6.14. The van der Waals surface area contributed by atoms with Crippen molar-refractivity contribution in [2.24, 2.45) is 0 Å². The topological polar surface area (TPSA) is 9.23 Å². The predicted octanol–water partition coefficient (Wildman–Crippen LogP) is 5.44. The Morgan fingerprint density at radius 2 is 1.72 bits per heavy atom. The first-order valence-electron chi connectivity index (χ1n) is 5.35. The normalized spacial score (nSPS) is 12.2. The van der Waals surface area contributed by atoms with Crippen LogP contribution in [0.1, 0.15) is 16.0 Å². The van der Waals surface area contributed by atoms with Crippen molar-refractivity contribution >= 4 is 50.1 Å². The summed E-state index contributed by atoms with van der Waals surface area (Å²) < 4.78 is 6.21. The summed E-state index contributed by atoms with van der Waals surface area (Å²) in [4.78, 5) is 0.137. The van der Waals surface area contributed by atoms with Crippen molar-refractivity contribution < 1.29 is 4.74 Å². The van der Waals surface area contributed by atoms with Gasteiger partial charge in [-0.3, -0.25) is 0 Å². The van der Waals surface area contributed by atoms with Crippen LogP contribution in [0.3, 0.4) is 0 Å². The number of benzene rings is 2. The fourth-order valence-corrected chi connectivity index (χ4v) is 2.75. The van der Waals surface area contributed by atoms with Gasteiger partial charge >= 0.3 is 0 Å². The van der Waals surface area contributed by atoms with E-state index in [-0.39, 0.29) is 4.83 Å². The molecule has 0 aliphatic rings. The van der Waals surface area contributed by atoms with Gasteiger partial charge < -0.3 is 4.74 Å². The molecule has 0 fully saturated rings. The van der Waals surface area contributed by atoms with Crippen LogP contribution >= 0.6 is 50.1 Å². The smallest absolute Gasteiger partial charge is 0.118 e. The molecule has 2 aromatic rings. The zero-order chi connectivity index (χ0) is 13.1. The second kappa shape index (κ2) is 6.26. The number of hydrogen-bond acceptors (Lipinski definition) is 1. The van der Waals surface area contributed by atoms with Gasteiger partial charge in [0.25, 0.3) is 0 Å². The van der Waals surface area contributed by atoms with Crippen molar-refractivity contribution in [1.29, 1.82) is 0 Å². The van der Waals surface area contributed by atoms with Gasteiger partial charge in [-0.2, -0.15) is 0 Å². The monoisotopic (exact) mass is 436 g/mol. The van der Waals surface area contributed by atoms with Crippen LogP contribution in [0.2, 0.25) is 5.02 Å². The van der Waals surface area contributed by atoms with Gasteiger partial charge in [0, 0.05) is 3.57 Å². The fourth-order valence-electron chi connectivity index (χ4n) is 1.64. The molecule has 0 aliphatic carbocycles. The van der Waals surface area contributed by atoms with Crippen molar-refractivity contribution in [3.63, 3.8) is 0 Å². The first-order chi connectivity index (χ1) is 8.61. The van der Waals surface area contributed by atoms with Crippen LogP contribution in [0, 0.1) is 3.57 Å². The Labute approximate surface area is 134 Å². The molecule has 0 radical (unpaired) electrons. The van der Waals surface area contributed by atoms with Gasteiger partial charge in [-0.15, -0.1) is 0 Å². The number of hydrogen-bond donors (Lipinski definition) is 0. The summed E-state index contributed by atoms with van der Waals surface area (Å²) in [5.41, 5.74) is 2.32. The quantitative estimate of drug-likeness (QED) is 0.459. The average Bonchev–Trinajstić information content (AvgIpc) is 2.41. The number of ether oxygens (including phenoxy) is 1. The average molecular weight is 438 g/mol. The molecule has 0 amide bonds. The molecule has 4 heteroatoms. The zero-order valence-corrected chi connectivity index (χ0v) is 14.2. The summed E-state index contributed by atoms with van der Waals surface area (Å²) in [5, 5.41) is 0.783. The van der Waals surface area contributed by atoms with E-state index in [1.165, 1.54) is 5.56 Å². The fraction of sp³-hybridized carbons (Fsp3) is 0.143. The minimum Gasteiger partial charge on any atom is -0.497 e. The van der Waals surface area contributed by atoms with Crippen LogP contribution < -0.4 is 4.74 Å². The lowest BCUT2D eigenvalue weighted by atomic mass is 10.0. The lowest BCUT2D eigenvalue weighted by Crippen LogP contribution is -1.93. The van der Waals surface area contributed by atoms with E-state index < -0.39 is 0 Å². The minimum atomic E-state index is 0.137. The van der Waals surface area contributed by atoms with E-state index in [1.54, 1.807) is 7.11 Å². The van der Waals surface area contributed by atoms with Crippen LogP contribution in [-0.2, 0) is 0 Å². The predicted molar refractivity (Wildman–Crippen MR) is 87.9 cm³/mol. The molecule has 0 bridgehead atoms. The Kier molecular flexibility index (Phi) is 4.92. The van der Waals surface area contributed by atoms with Gasteiger partial charge in [0.15, 0.2) is 0 Å². The number of rotatable bonds is 3. The highest BCUT2D eigenvalue weighted by Crippen LogP contribution is 2.34. The second-order valence-electron chi connectivity index (χ2n) is 3.81. The molecule has 0 aliphatic heterocycles. The van der Waals surface area contributed by atoms with Crippen LogP contribution in [0.4, 0.5) is 0 Å². The molecular weight excluding hydrogens is 426 g/mol. The molecule has 1 nitrogen and oxygen atoms in total. The van der Waals surface area contributed by atoms with Crippen molar-refractivity contribution in [1.82, 2.24) is 0 Å². The summed E-state index contributed by atoms with van der Waals surface area (Å²) in [6.07, 6.45) is 0. The summed E-state index contributed by atoms with van der Waals surface area (Å²) in [6.45, 7) is 0. The largest absolute Gasteiger partial charge is 0.497 e. The van der Waals surface area contributed by atoms with Crippen LogP contribution in [0.15, 0.2) is 42.5 Å². The first-order valence-corrected chi connectivity index (χ1v) is 7.72. The molecule has 18 heavy (non-hydrogen) atoms. The summed E-state index contributed by atoms with van der Waals surface area (Å²) in [6, 6.07) is 14.1. The van der Waals surface area contributed by atoms with Crippen molar-refractivity contribution in [2.75, 3.05) is 7.11 Å². The van der Waals surface area contributed by atoms with Crippen molar-refractivity contribution in [2.45, 2.75) is 4.83 Å². The van der Waals surface area contributed by atoms with Gasteiger partial charge in [-0.1, -0.05) is 45.7 Å². The molecule has 2 rings (SSSR count). The molecule has 2 aromatic carbocycles. The van der Waals surface area contributed by atoms with E-state index in [0.717, 1.165) is 19.9 Å². The SMILES string of the molecule is COc1ccc(C(Br)c2ccc(I)c(Cl)c2)cc1. The highest BCUT2D eigenvalue weighted by atomic mass is 127. The molecule has 0 saturated heterocycles. The molecule has 94 valence electrons. The molecular formula is C14H11BrClIO. The van der Waals surface area contributed by atoms with Crippen molar-refractivity contribution in [3.05, 3.63) is 62.2 Å². The van der Waals surface area contributed by atoms with Crippen LogP contribution in [0.25, 0.3) is 0 Å². The number of alkyl halides is 1. The van der Waals surface area contributed by atoms with Gasteiger partial charge in [0.1, 0.15) is 5.75 Å². The third-order valence-corrected chi connectivity index (χ3v) is 5.27. The Morgan fingerprint density at radius 3 is 2.28 bits per heavy atom. The number of halogens is 3. The van der Waals surface area contributed by atoms with E-state index in [2.05, 4.69) is 44.6 Å². The molecule has 0 heterocycles. The third kappa shape index (κ3) is 3.19. The Balaban J connectivity index is 2.28. The molecule has 0 spiro atoms. The standard InChI is InChI=1S/C14H11BrClIO/c1-18-11-5-2-9(3-6-11)14(15)10-4-7-13(17)12(16)8-10/h2-8,14H,1H3. The van der Waals surface area contributed by atoms with Gasteiger partial charge in [0.05, 0.1) is 17.0 Å². The summed E-state index contributed by atoms with van der Waals surface area (Å²) in [7, 11) is 1.67. The maximum Gasteiger partial charge on any atom is 0.118 e.